The van der Waals surface area contributed by atoms with Gasteiger partial charge in [0.2, 0.25) is 0 Å². The van der Waals surface area contributed by atoms with Crippen LogP contribution in [0.2, 0.25) is 0 Å². The summed E-state index contributed by atoms with van der Waals surface area (Å²) in [7, 11) is -4.67. The Morgan fingerprint density at radius 2 is 1.50 bits per heavy atom. The van der Waals surface area contributed by atoms with Gasteiger partial charge < -0.3 is 10.2 Å². The number of rotatable bonds is 2. The highest BCUT2D eigenvalue weighted by atomic mass is 32.3. The smallest absolute Gasteiger partial charge is 0.394 e. The van der Waals surface area contributed by atoms with Crippen LogP contribution in [0.1, 0.15) is 11.7 Å². The molecule has 1 aromatic rings. The number of hydrogen-bond donors (Lipinski definition) is 4. The Labute approximate surface area is 91.5 Å². The summed E-state index contributed by atoms with van der Waals surface area (Å²) in [5.74, 6) is -1.23. The Morgan fingerprint density at radius 3 is 1.81 bits per heavy atom. The van der Waals surface area contributed by atoms with Crippen LogP contribution in [0.5, 0.6) is 0 Å². The Balaban J connectivity index is 0.000000385. The van der Waals surface area contributed by atoms with E-state index in [1.54, 1.807) is 30.3 Å². The van der Waals surface area contributed by atoms with Crippen LogP contribution in [0, 0.1) is 0 Å². The summed E-state index contributed by atoms with van der Waals surface area (Å²) in [5, 5.41) is 17.4. The SMILES string of the molecule is O=C(O)C(O)c1ccccc1.O=S(=O)(O)O. The fourth-order valence-corrected chi connectivity index (χ4v) is 0.778. The lowest BCUT2D eigenvalue weighted by atomic mass is 10.1. The standard InChI is InChI=1S/C8H8O3.H2O4S/c9-7(8(10)11)6-4-2-1-3-5-6;1-5(2,3)4/h1-5,7,9H,(H,10,11);(H2,1,2,3,4). The molecule has 0 fully saturated rings. The van der Waals surface area contributed by atoms with Crippen molar-refractivity contribution in [3.8, 4) is 0 Å². The topological polar surface area (TPSA) is 132 Å². The van der Waals surface area contributed by atoms with E-state index in [-0.39, 0.29) is 0 Å². The number of carbonyl (C=O) groups is 1. The predicted molar refractivity (Wildman–Crippen MR) is 53.2 cm³/mol. The molecule has 1 aromatic carbocycles. The molecular weight excluding hydrogens is 240 g/mol. The number of aliphatic hydroxyl groups is 1. The van der Waals surface area contributed by atoms with E-state index in [0.29, 0.717) is 5.56 Å². The van der Waals surface area contributed by atoms with Gasteiger partial charge in [-0.05, 0) is 5.56 Å². The molecule has 0 radical (unpaired) electrons. The van der Waals surface area contributed by atoms with Crippen molar-refractivity contribution in [3.05, 3.63) is 35.9 Å². The van der Waals surface area contributed by atoms with Gasteiger partial charge >= 0.3 is 16.4 Å². The van der Waals surface area contributed by atoms with Gasteiger partial charge in [0.05, 0.1) is 0 Å². The third-order valence-corrected chi connectivity index (χ3v) is 1.35. The summed E-state index contributed by atoms with van der Waals surface area (Å²) in [6.45, 7) is 0. The minimum Gasteiger partial charge on any atom is -0.479 e. The second kappa shape index (κ2) is 6.18. The van der Waals surface area contributed by atoms with E-state index >= 15 is 0 Å². The largest absolute Gasteiger partial charge is 0.479 e. The highest BCUT2D eigenvalue weighted by Crippen LogP contribution is 2.10. The number of aliphatic carboxylic acids is 1. The number of benzene rings is 1. The quantitative estimate of drug-likeness (QED) is 0.549. The maximum absolute atomic E-state index is 10.2. The van der Waals surface area contributed by atoms with Gasteiger partial charge in [-0.25, -0.2) is 4.79 Å². The van der Waals surface area contributed by atoms with E-state index in [2.05, 4.69) is 0 Å². The van der Waals surface area contributed by atoms with Crippen molar-refractivity contribution in [1.29, 1.82) is 0 Å². The van der Waals surface area contributed by atoms with Gasteiger partial charge in [0.1, 0.15) is 0 Å². The van der Waals surface area contributed by atoms with Crippen molar-refractivity contribution >= 4 is 16.4 Å². The zero-order valence-corrected chi connectivity index (χ0v) is 8.70. The zero-order chi connectivity index (χ0) is 12.8. The molecule has 0 aromatic heterocycles. The van der Waals surface area contributed by atoms with Crippen molar-refractivity contribution < 1.29 is 32.5 Å². The molecule has 8 heteroatoms. The van der Waals surface area contributed by atoms with E-state index in [1.165, 1.54) is 0 Å². The van der Waals surface area contributed by atoms with Crippen LogP contribution in [0.4, 0.5) is 0 Å². The number of hydrogen-bond acceptors (Lipinski definition) is 4. The molecule has 1 unspecified atom stereocenters. The minimum atomic E-state index is -4.67. The molecule has 4 N–H and O–H groups in total. The third-order valence-electron chi connectivity index (χ3n) is 1.35. The van der Waals surface area contributed by atoms with Crippen molar-refractivity contribution in [2.45, 2.75) is 6.10 Å². The van der Waals surface area contributed by atoms with Gasteiger partial charge in [-0.15, -0.1) is 0 Å². The van der Waals surface area contributed by atoms with Crippen LogP contribution in [-0.2, 0) is 15.2 Å². The fourth-order valence-electron chi connectivity index (χ4n) is 0.778. The monoisotopic (exact) mass is 250 g/mol. The lowest BCUT2D eigenvalue weighted by Crippen LogP contribution is -2.09. The molecule has 0 saturated heterocycles. The number of aliphatic hydroxyl groups excluding tert-OH is 1. The van der Waals surface area contributed by atoms with E-state index in [0.717, 1.165) is 0 Å². The molecule has 0 spiro atoms. The van der Waals surface area contributed by atoms with E-state index in [1.807, 2.05) is 0 Å². The van der Waals surface area contributed by atoms with E-state index in [4.69, 9.17) is 27.7 Å². The Bertz CT molecular complexity index is 417. The lowest BCUT2D eigenvalue weighted by molar-refractivity contribution is -0.146. The molecular formula is C8H10O7S. The normalized spacial score (nSPS) is 12.2. The summed E-state index contributed by atoms with van der Waals surface area (Å²) in [6.07, 6.45) is -1.41. The summed E-state index contributed by atoms with van der Waals surface area (Å²) in [5.41, 5.74) is 0.403. The summed E-state index contributed by atoms with van der Waals surface area (Å²) in [4.78, 5) is 10.2. The molecule has 1 atom stereocenters. The van der Waals surface area contributed by atoms with Crippen molar-refractivity contribution in [2.24, 2.45) is 0 Å². The van der Waals surface area contributed by atoms with Gasteiger partial charge in [-0.1, -0.05) is 30.3 Å². The first kappa shape index (κ1) is 14.5. The van der Waals surface area contributed by atoms with Gasteiger partial charge in [-0.3, -0.25) is 9.11 Å². The average Bonchev–Trinajstić information content (AvgIpc) is 2.15. The van der Waals surface area contributed by atoms with E-state index < -0.39 is 22.5 Å². The first-order valence-corrected chi connectivity index (χ1v) is 5.27. The minimum absolute atomic E-state index is 0.403. The lowest BCUT2D eigenvalue weighted by Gasteiger charge is -2.03. The second-order valence-electron chi connectivity index (χ2n) is 2.60. The molecule has 0 aliphatic heterocycles. The molecule has 1 rings (SSSR count). The van der Waals surface area contributed by atoms with Gasteiger partial charge in [0, 0.05) is 0 Å². The molecule has 0 aliphatic carbocycles. The zero-order valence-electron chi connectivity index (χ0n) is 7.89. The molecule has 16 heavy (non-hydrogen) atoms. The molecule has 0 heterocycles. The average molecular weight is 250 g/mol. The number of carboxylic acid groups (broad SMARTS) is 1. The molecule has 0 amide bonds. The van der Waals surface area contributed by atoms with Gasteiger partial charge in [0.15, 0.2) is 6.10 Å². The summed E-state index contributed by atoms with van der Waals surface area (Å²) < 4.78 is 31.6. The van der Waals surface area contributed by atoms with E-state index in [9.17, 15) is 4.79 Å². The molecule has 0 bridgehead atoms. The van der Waals surface area contributed by atoms with Gasteiger partial charge in [-0.2, -0.15) is 8.42 Å². The molecule has 0 saturated carbocycles. The van der Waals surface area contributed by atoms with Crippen molar-refractivity contribution in [3.63, 3.8) is 0 Å². The van der Waals surface area contributed by atoms with Crippen LogP contribution in [-0.4, -0.2) is 33.7 Å². The first-order chi connectivity index (χ1) is 7.22. The number of carboxylic acids is 1. The molecule has 0 aliphatic rings. The highest BCUT2D eigenvalue weighted by Gasteiger charge is 2.14. The first-order valence-electron chi connectivity index (χ1n) is 3.87. The maximum Gasteiger partial charge on any atom is 0.394 e. The predicted octanol–water partition coefficient (Wildman–Crippen LogP) is 0.152. The van der Waals surface area contributed by atoms with Crippen LogP contribution >= 0.6 is 0 Å². The molecule has 7 nitrogen and oxygen atoms in total. The maximum atomic E-state index is 10.2. The van der Waals surface area contributed by atoms with Crippen LogP contribution in [0.25, 0.3) is 0 Å². The van der Waals surface area contributed by atoms with Crippen LogP contribution in [0.15, 0.2) is 30.3 Å². The summed E-state index contributed by atoms with van der Waals surface area (Å²) >= 11 is 0. The Kier molecular flexibility index (Phi) is 5.61. The molecule has 90 valence electrons. The second-order valence-corrected chi connectivity index (χ2v) is 3.49. The van der Waals surface area contributed by atoms with Crippen LogP contribution < -0.4 is 0 Å². The fraction of sp³-hybridized carbons (Fsp3) is 0.125. The van der Waals surface area contributed by atoms with Gasteiger partial charge in [0.25, 0.3) is 0 Å². The van der Waals surface area contributed by atoms with Crippen LogP contribution in [0.3, 0.4) is 0 Å². The third kappa shape index (κ3) is 7.88. The van der Waals surface area contributed by atoms with Crippen molar-refractivity contribution in [1.82, 2.24) is 0 Å². The highest BCUT2D eigenvalue weighted by molar-refractivity contribution is 7.79. The summed E-state index contributed by atoms with van der Waals surface area (Å²) in [6, 6.07) is 8.26. The Hall–Kier alpha value is -1.48. The Morgan fingerprint density at radius 1 is 1.12 bits per heavy atom. The van der Waals surface area contributed by atoms with Crippen molar-refractivity contribution in [2.75, 3.05) is 0 Å².